The minimum Gasteiger partial charge on any atom is -0.497 e. The van der Waals surface area contributed by atoms with E-state index in [1.807, 2.05) is 61.5 Å². The van der Waals surface area contributed by atoms with E-state index >= 15 is 0 Å². The third-order valence-corrected chi connectivity index (χ3v) is 6.03. The third-order valence-electron chi connectivity index (χ3n) is 4.64. The molecule has 0 fully saturated rings. The molecule has 1 N–H and O–H groups in total. The molecule has 4 rings (SSSR count). The van der Waals surface area contributed by atoms with Crippen molar-refractivity contribution in [1.82, 2.24) is 4.57 Å². The first-order valence-electron chi connectivity index (χ1n) is 9.56. The van der Waals surface area contributed by atoms with Gasteiger partial charge < -0.3 is 14.6 Å². The van der Waals surface area contributed by atoms with Gasteiger partial charge in [-0.15, -0.1) is 11.3 Å². The van der Waals surface area contributed by atoms with Crippen LogP contribution >= 0.6 is 23.6 Å². The third kappa shape index (κ3) is 4.61. The molecule has 32 heavy (non-hydrogen) atoms. The standard InChI is InChI=1S/C23H18N4O3S2/c1-14-3-7-16(8-4-14)25-21-18(12-24)26-20(30-21)11-19-22(28)27(23(31)32-19)13-15-5-9-17(29-2)10-6-15/h3-11,28H,13H2,1-2H3/b20-11+,25-21?. The monoisotopic (exact) mass is 462 g/mol. The Morgan fingerprint density at radius 3 is 2.62 bits per heavy atom. The molecule has 0 spiro atoms. The van der Waals surface area contributed by atoms with E-state index in [1.54, 1.807) is 17.8 Å². The molecule has 3 aromatic rings. The fourth-order valence-electron chi connectivity index (χ4n) is 2.95. The summed E-state index contributed by atoms with van der Waals surface area (Å²) in [4.78, 5) is 9.03. The van der Waals surface area contributed by atoms with Gasteiger partial charge in [-0.2, -0.15) is 10.3 Å². The van der Waals surface area contributed by atoms with Crippen LogP contribution in [0.2, 0.25) is 0 Å². The Kier molecular flexibility index (Phi) is 6.16. The Morgan fingerprint density at radius 2 is 1.97 bits per heavy atom. The predicted octanol–water partition coefficient (Wildman–Crippen LogP) is 5.37. The van der Waals surface area contributed by atoms with Crippen molar-refractivity contribution in [1.29, 1.82) is 5.26 Å². The number of hydrogen-bond acceptors (Lipinski definition) is 8. The van der Waals surface area contributed by atoms with Gasteiger partial charge in [0.2, 0.25) is 17.5 Å². The lowest BCUT2D eigenvalue weighted by molar-refractivity contribution is 0.413. The lowest BCUT2D eigenvalue weighted by Crippen LogP contribution is -2.07. The highest BCUT2D eigenvalue weighted by molar-refractivity contribution is 7.73. The molecule has 7 nitrogen and oxygen atoms in total. The van der Waals surface area contributed by atoms with Crippen LogP contribution in [0.3, 0.4) is 0 Å². The smallest absolute Gasteiger partial charge is 0.258 e. The lowest BCUT2D eigenvalue weighted by atomic mass is 10.2. The van der Waals surface area contributed by atoms with E-state index in [1.165, 1.54) is 11.3 Å². The quantitative estimate of drug-likeness (QED) is 0.515. The minimum absolute atomic E-state index is 0.00421. The number of aryl methyl sites for hydroxylation is 1. The fourth-order valence-corrected chi connectivity index (χ4v) is 4.18. The molecule has 0 unspecified atom stereocenters. The Morgan fingerprint density at radius 1 is 1.25 bits per heavy atom. The molecular formula is C23H18N4O3S2. The van der Waals surface area contributed by atoms with Gasteiger partial charge in [-0.3, -0.25) is 4.57 Å². The van der Waals surface area contributed by atoms with E-state index in [0.29, 0.717) is 21.1 Å². The number of nitrogens with zero attached hydrogens (tertiary/aromatic N) is 4. The molecule has 0 aliphatic carbocycles. The van der Waals surface area contributed by atoms with Crippen molar-refractivity contribution >= 4 is 46.9 Å². The van der Waals surface area contributed by atoms with E-state index in [4.69, 9.17) is 21.7 Å². The molecule has 0 saturated heterocycles. The molecule has 0 radical (unpaired) electrons. The number of rotatable bonds is 5. The highest BCUT2D eigenvalue weighted by Crippen LogP contribution is 2.31. The Bertz CT molecular complexity index is 1340. The van der Waals surface area contributed by atoms with Crippen LogP contribution in [0.4, 0.5) is 5.69 Å². The van der Waals surface area contributed by atoms with E-state index in [0.717, 1.165) is 16.9 Å². The molecule has 0 atom stereocenters. The second kappa shape index (κ2) is 9.18. The van der Waals surface area contributed by atoms with Crippen LogP contribution in [-0.2, 0) is 11.3 Å². The first-order valence-corrected chi connectivity index (χ1v) is 10.8. The van der Waals surface area contributed by atoms with Gasteiger partial charge in [-0.25, -0.2) is 4.99 Å². The molecule has 0 amide bonds. The molecule has 2 heterocycles. The Hall–Kier alpha value is -3.74. The molecular weight excluding hydrogens is 444 g/mol. The Balaban J connectivity index is 1.59. The topological polar surface area (TPSA) is 92.1 Å². The van der Waals surface area contributed by atoms with Gasteiger partial charge in [-0.1, -0.05) is 29.8 Å². The fraction of sp³-hybridized carbons (Fsp3) is 0.130. The van der Waals surface area contributed by atoms with Crippen molar-refractivity contribution in [3.63, 3.8) is 0 Å². The maximum Gasteiger partial charge on any atom is 0.258 e. The molecule has 9 heteroatoms. The summed E-state index contributed by atoms with van der Waals surface area (Å²) >= 11 is 6.66. The van der Waals surface area contributed by atoms with Gasteiger partial charge in [0.25, 0.3) is 5.90 Å². The molecule has 160 valence electrons. The van der Waals surface area contributed by atoms with Gasteiger partial charge in [0.1, 0.15) is 11.8 Å². The summed E-state index contributed by atoms with van der Waals surface area (Å²) in [5, 5.41) is 20.1. The first kappa shape index (κ1) is 21.5. The van der Waals surface area contributed by atoms with Gasteiger partial charge in [0, 0.05) is 6.08 Å². The average molecular weight is 463 g/mol. The normalized spacial score (nSPS) is 15.5. The minimum atomic E-state index is 0.00421. The van der Waals surface area contributed by atoms with Crippen LogP contribution in [0, 0.1) is 22.2 Å². The Labute approximate surface area is 193 Å². The number of methoxy groups -OCH3 is 1. The maximum atomic E-state index is 10.7. The number of aromatic nitrogens is 1. The number of ether oxygens (including phenoxy) is 2. The van der Waals surface area contributed by atoms with Crippen molar-refractivity contribution in [2.45, 2.75) is 13.5 Å². The second-order valence-corrected chi connectivity index (χ2v) is 8.58. The van der Waals surface area contributed by atoms with E-state index in [2.05, 4.69) is 9.98 Å². The summed E-state index contributed by atoms with van der Waals surface area (Å²) in [6, 6.07) is 17.0. The number of thiazole rings is 1. The van der Waals surface area contributed by atoms with Crippen molar-refractivity contribution in [2.75, 3.05) is 7.11 Å². The van der Waals surface area contributed by atoms with E-state index < -0.39 is 0 Å². The summed E-state index contributed by atoms with van der Waals surface area (Å²) in [5.41, 5.74) is 2.78. The van der Waals surface area contributed by atoms with Crippen LogP contribution in [-0.4, -0.2) is 28.4 Å². The van der Waals surface area contributed by atoms with Crippen LogP contribution in [0.1, 0.15) is 16.0 Å². The summed E-state index contributed by atoms with van der Waals surface area (Å²) in [6.45, 7) is 2.38. The maximum absolute atomic E-state index is 10.7. The largest absolute Gasteiger partial charge is 0.497 e. The number of aromatic hydroxyl groups is 1. The zero-order valence-electron chi connectivity index (χ0n) is 17.3. The van der Waals surface area contributed by atoms with Crippen molar-refractivity contribution in [3.05, 3.63) is 74.4 Å². The number of hydrogen-bond donors (Lipinski definition) is 1. The van der Waals surface area contributed by atoms with Crippen molar-refractivity contribution in [3.8, 4) is 17.7 Å². The summed E-state index contributed by atoms with van der Waals surface area (Å²) in [5.74, 6) is 1.04. The highest BCUT2D eigenvalue weighted by Gasteiger charge is 2.23. The average Bonchev–Trinajstić information content (AvgIpc) is 3.30. The number of nitriles is 1. The lowest BCUT2D eigenvalue weighted by Gasteiger charge is -2.06. The number of aliphatic imine (C=N–C) groups is 2. The zero-order valence-corrected chi connectivity index (χ0v) is 18.9. The van der Waals surface area contributed by atoms with Crippen LogP contribution in [0.5, 0.6) is 11.6 Å². The molecule has 1 aromatic heterocycles. The molecule has 1 aliphatic rings. The van der Waals surface area contributed by atoms with Crippen LogP contribution < -0.4 is 4.74 Å². The summed E-state index contributed by atoms with van der Waals surface area (Å²) < 4.78 is 13.0. The number of benzene rings is 2. The van der Waals surface area contributed by atoms with E-state index in [-0.39, 0.29) is 23.4 Å². The molecule has 2 aromatic carbocycles. The van der Waals surface area contributed by atoms with Gasteiger partial charge in [-0.05, 0) is 49.0 Å². The first-order chi connectivity index (χ1) is 15.5. The van der Waals surface area contributed by atoms with Gasteiger partial charge >= 0.3 is 0 Å². The van der Waals surface area contributed by atoms with Crippen molar-refractivity contribution < 1.29 is 14.6 Å². The van der Waals surface area contributed by atoms with E-state index in [9.17, 15) is 10.4 Å². The molecule has 0 saturated carbocycles. The van der Waals surface area contributed by atoms with Crippen LogP contribution in [0.25, 0.3) is 6.08 Å². The second-order valence-electron chi connectivity index (χ2n) is 6.90. The van der Waals surface area contributed by atoms with Gasteiger partial charge in [0.05, 0.1) is 24.2 Å². The predicted molar refractivity (Wildman–Crippen MR) is 127 cm³/mol. The molecule has 0 bridgehead atoms. The summed E-state index contributed by atoms with van der Waals surface area (Å²) in [6.07, 6.45) is 1.55. The highest BCUT2D eigenvalue weighted by atomic mass is 32.1. The summed E-state index contributed by atoms with van der Waals surface area (Å²) in [7, 11) is 1.61. The zero-order chi connectivity index (χ0) is 22.7. The van der Waals surface area contributed by atoms with Gasteiger partial charge in [0.15, 0.2) is 3.95 Å². The van der Waals surface area contributed by atoms with Crippen LogP contribution in [0.15, 0.2) is 64.4 Å². The molecule has 1 aliphatic heterocycles. The SMILES string of the molecule is COc1ccc(Cn2c(O)c(/C=C3\N=C(C#N)C(=Nc4ccc(C)cc4)O3)sc2=S)cc1. The van der Waals surface area contributed by atoms with Crippen molar-refractivity contribution in [2.24, 2.45) is 9.98 Å².